The Morgan fingerprint density at radius 1 is 1.28 bits per heavy atom. The average molecular weight is 241 g/mol. The number of carbonyl (C=O) groups is 1. The van der Waals surface area contributed by atoms with Gasteiger partial charge in [0.25, 0.3) is 0 Å². The van der Waals surface area contributed by atoms with Gasteiger partial charge in [-0.3, -0.25) is 0 Å². The van der Waals surface area contributed by atoms with Crippen molar-refractivity contribution in [2.24, 2.45) is 5.11 Å². The van der Waals surface area contributed by atoms with Crippen molar-refractivity contribution in [1.29, 1.82) is 0 Å². The van der Waals surface area contributed by atoms with Crippen molar-refractivity contribution in [3.8, 4) is 0 Å². The first-order chi connectivity index (χ1) is 8.74. The Hall–Kier alpha value is -2.52. The number of hydrogen-bond acceptors (Lipinski definition) is 2. The Labute approximate surface area is 103 Å². The van der Waals surface area contributed by atoms with Crippen molar-refractivity contribution in [3.05, 3.63) is 58.0 Å². The van der Waals surface area contributed by atoms with Gasteiger partial charge in [-0.2, -0.15) is 0 Å². The maximum Gasteiger partial charge on any atom is 0.336 e. The van der Waals surface area contributed by atoms with E-state index in [0.29, 0.717) is 22.9 Å². The Kier molecular flexibility index (Phi) is 3.46. The fourth-order valence-electron chi connectivity index (χ4n) is 1.99. The van der Waals surface area contributed by atoms with Crippen molar-refractivity contribution in [2.45, 2.75) is 6.42 Å². The number of carboxylic acid groups (broad SMARTS) is 1. The quantitative estimate of drug-likeness (QED) is 0.505. The maximum atomic E-state index is 11.4. The lowest BCUT2D eigenvalue weighted by atomic mass is 9.97. The van der Waals surface area contributed by atoms with E-state index in [0.717, 1.165) is 5.39 Å². The molecule has 18 heavy (non-hydrogen) atoms. The highest BCUT2D eigenvalue weighted by molar-refractivity contribution is 6.05. The van der Waals surface area contributed by atoms with Crippen LogP contribution >= 0.6 is 0 Å². The molecule has 0 saturated carbocycles. The van der Waals surface area contributed by atoms with Crippen LogP contribution in [0.2, 0.25) is 0 Å². The monoisotopic (exact) mass is 241 g/mol. The average Bonchev–Trinajstić information content (AvgIpc) is 2.38. The number of rotatable bonds is 4. The third-order valence-electron chi connectivity index (χ3n) is 2.77. The molecule has 0 aromatic heterocycles. The Morgan fingerprint density at radius 3 is 2.78 bits per heavy atom. The minimum atomic E-state index is -0.956. The van der Waals surface area contributed by atoms with Crippen LogP contribution in [-0.4, -0.2) is 17.6 Å². The van der Waals surface area contributed by atoms with Gasteiger partial charge in [-0.1, -0.05) is 41.5 Å². The van der Waals surface area contributed by atoms with Crippen LogP contribution in [0, 0.1) is 0 Å². The molecule has 0 bridgehead atoms. The fraction of sp³-hybridized carbons (Fsp3) is 0.154. The van der Waals surface area contributed by atoms with E-state index in [1.165, 1.54) is 0 Å². The van der Waals surface area contributed by atoms with Gasteiger partial charge in [0.2, 0.25) is 0 Å². The zero-order valence-electron chi connectivity index (χ0n) is 9.58. The molecule has 0 saturated heterocycles. The molecule has 0 heterocycles. The topological polar surface area (TPSA) is 86.1 Å². The second-order valence-electron chi connectivity index (χ2n) is 3.83. The SMILES string of the molecule is [N-]=[N+]=NCCc1ccc2ccccc2c1C(=O)O. The number of nitrogens with zero attached hydrogens (tertiary/aromatic N) is 3. The van der Waals surface area contributed by atoms with E-state index in [2.05, 4.69) is 10.0 Å². The molecule has 5 nitrogen and oxygen atoms in total. The van der Waals surface area contributed by atoms with Crippen LogP contribution in [0.15, 0.2) is 41.5 Å². The predicted molar refractivity (Wildman–Crippen MR) is 68.6 cm³/mol. The molecule has 2 aromatic carbocycles. The molecule has 0 radical (unpaired) electrons. The number of benzene rings is 2. The molecule has 0 aliphatic rings. The van der Waals surface area contributed by atoms with Gasteiger partial charge in [-0.25, -0.2) is 4.79 Å². The summed E-state index contributed by atoms with van der Waals surface area (Å²) in [6.07, 6.45) is 0.427. The van der Waals surface area contributed by atoms with E-state index < -0.39 is 5.97 Å². The minimum absolute atomic E-state index is 0.259. The van der Waals surface area contributed by atoms with Crippen LogP contribution in [0.3, 0.4) is 0 Å². The van der Waals surface area contributed by atoms with Crippen molar-refractivity contribution in [1.82, 2.24) is 0 Å². The zero-order valence-corrected chi connectivity index (χ0v) is 9.58. The normalized spacial score (nSPS) is 10.0. The fourth-order valence-corrected chi connectivity index (χ4v) is 1.99. The molecule has 0 atom stereocenters. The maximum absolute atomic E-state index is 11.4. The highest BCUT2D eigenvalue weighted by Gasteiger charge is 2.13. The van der Waals surface area contributed by atoms with Gasteiger partial charge in [0, 0.05) is 11.5 Å². The summed E-state index contributed by atoms with van der Waals surface area (Å²) in [7, 11) is 0. The molecule has 1 N–H and O–H groups in total. The van der Waals surface area contributed by atoms with E-state index >= 15 is 0 Å². The summed E-state index contributed by atoms with van der Waals surface area (Å²) < 4.78 is 0. The highest BCUT2D eigenvalue weighted by Crippen LogP contribution is 2.23. The number of fused-ring (bicyclic) bond motifs is 1. The second kappa shape index (κ2) is 5.21. The molecular weight excluding hydrogens is 230 g/mol. The van der Waals surface area contributed by atoms with Crippen LogP contribution in [0.1, 0.15) is 15.9 Å². The molecular formula is C13H11N3O2. The van der Waals surface area contributed by atoms with E-state index in [1.807, 2.05) is 24.3 Å². The molecule has 2 rings (SSSR count). The summed E-state index contributed by atoms with van der Waals surface area (Å²) in [5.74, 6) is -0.956. The Bertz CT molecular complexity index is 646. The first-order valence-corrected chi connectivity index (χ1v) is 5.49. The summed E-state index contributed by atoms with van der Waals surface area (Å²) in [6.45, 7) is 0.259. The van der Waals surface area contributed by atoms with Gasteiger partial charge in [0.05, 0.1) is 5.56 Å². The summed E-state index contributed by atoms with van der Waals surface area (Å²) >= 11 is 0. The van der Waals surface area contributed by atoms with Gasteiger partial charge in [-0.05, 0) is 28.3 Å². The zero-order chi connectivity index (χ0) is 13.0. The minimum Gasteiger partial charge on any atom is -0.478 e. The van der Waals surface area contributed by atoms with E-state index in [1.54, 1.807) is 12.1 Å². The predicted octanol–water partition coefficient (Wildman–Crippen LogP) is 3.39. The number of aromatic carboxylic acids is 1. The molecule has 0 aliphatic carbocycles. The van der Waals surface area contributed by atoms with E-state index in [-0.39, 0.29) is 6.54 Å². The summed E-state index contributed by atoms with van der Waals surface area (Å²) in [5, 5.41) is 14.4. The number of carboxylic acids is 1. The first kappa shape index (κ1) is 12.0. The standard InChI is InChI=1S/C13H11N3O2/c14-16-15-8-7-10-6-5-9-3-1-2-4-11(9)12(10)13(17)18/h1-6H,7-8H2,(H,17,18). The van der Waals surface area contributed by atoms with Crippen LogP contribution in [0.25, 0.3) is 21.2 Å². The van der Waals surface area contributed by atoms with Crippen LogP contribution in [0.4, 0.5) is 0 Å². The van der Waals surface area contributed by atoms with Crippen LogP contribution in [-0.2, 0) is 6.42 Å². The summed E-state index contributed by atoms with van der Waals surface area (Å²) in [5.41, 5.74) is 9.22. The molecule has 0 aliphatic heterocycles. The van der Waals surface area contributed by atoms with Gasteiger partial charge < -0.3 is 5.11 Å². The van der Waals surface area contributed by atoms with Crippen molar-refractivity contribution >= 4 is 16.7 Å². The van der Waals surface area contributed by atoms with Gasteiger partial charge in [-0.15, -0.1) is 0 Å². The first-order valence-electron chi connectivity index (χ1n) is 5.49. The number of azide groups is 1. The summed E-state index contributed by atoms with van der Waals surface area (Å²) in [6, 6.07) is 11.0. The van der Waals surface area contributed by atoms with Crippen LogP contribution < -0.4 is 0 Å². The highest BCUT2D eigenvalue weighted by atomic mass is 16.4. The van der Waals surface area contributed by atoms with E-state index in [4.69, 9.17) is 5.53 Å². The molecule has 90 valence electrons. The third kappa shape index (κ3) is 2.26. The third-order valence-corrected chi connectivity index (χ3v) is 2.77. The second-order valence-corrected chi connectivity index (χ2v) is 3.83. The number of hydrogen-bond donors (Lipinski definition) is 1. The summed E-state index contributed by atoms with van der Waals surface area (Å²) in [4.78, 5) is 14.0. The smallest absolute Gasteiger partial charge is 0.336 e. The molecule has 0 spiro atoms. The van der Waals surface area contributed by atoms with Gasteiger partial charge in [0.15, 0.2) is 0 Å². The molecule has 0 fully saturated rings. The van der Waals surface area contributed by atoms with Crippen molar-refractivity contribution < 1.29 is 9.90 Å². The van der Waals surface area contributed by atoms with Crippen molar-refractivity contribution in [2.75, 3.05) is 6.54 Å². The lowest BCUT2D eigenvalue weighted by molar-refractivity contribution is 0.0698. The van der Waals surface area contributed by atoms with Gasteiger partial charge in [0.1, 0.15) is 0 Å². The molecule has 5 heteroatoms. The lowest BCUT2D eigenvalue weighted by Crippen LogP contribution is -2.04. The van der Waals surface area contributed by atoms with Crippen LogP contribution in [0.5, 0.6) is 0 Å². The van der Waals surface area contributed by atoms with Crippen molar-refractivity contribution in [3.63, 3.8) is 0 Å². The van der Waals surface area contributed by atoms with Gasteiger partial charge >= 0.3 is 5.97 Å². The molecule has 0 amide bonds. The lowest BCUT2D eigenvalue weighted by Gasteiger charge is -2.08. The Balaban J connectivity index is 2.55. The molecule has 0 unspecified atom stereocenters. The largest absolute Gasteiger partial charge is 0.478 e. The Morgan fingerprint density at radius 2 is 2.06 bits per heavy atom. The molecule has 2 aromatic rings. The van der Waals surface area contributed by atoms with E-state index in [9.17, 15) is 9.90 Å².